The summed E-state index contributed by atoms with van der Waals surface area (Å²) in [7, 11) is 0. The van der Waals surface area contributed by atoms with Crippen LogP contribution in [0.5, 0.6) is 0 Å². The van der Waals surface area contributed by atoms with Crippen molar-refractivity contribution in [3.63, 3.8) is 0 Å². The molecule has 0 aliphatic rings. The van der Waals surface area contributed by atoms with Crippen molar-refractivity contribution in [1.29, 1.82) is 0 Å². The second-order valence-corrected chi connectivity index (χ2v) is 8.05. The van der Waals surface area contributed by atoms with Gasteiger partial charge in [-0.15, -0.1) is 29.7 Å². The molecule has 5 rings (SSSR count). The molecule has 5 aromatic rings. The van der Waals surface area contributed by atoms with Gasteiger partial charge in [0, 0.05) is 43.4 Å². The van der Waals surface area contributed by atoms with Crippen LogP contribution >= 0.6 is 0 Å². The fourth-order valence-corrected chi connectivity index (χ4v) is 3.88. The Morgan fingerprint density at radius 1 is 0.853 bits per heavy atom. The van der Waals surface area contributed by atoms with Crippen LogP contribution in [-0.4, -0.2) is 32.4 Å². The van der Waals surface area contributed by atoms with E-state index in [1.807, 2.05) is 42.5 Å². The average molecular weight is 638 g/mol. The first-order valence-corrected chi connectivity index (χ1v) is 10.6. The second-order valence-electron chi connectivity index (χ2n) is 8.05. The molecule has 0 aliphatic carbocycles. The van der Waals surface area contributed by atoms with Crippen LogP contribution in [0.15, 0.2) is 66.9 Å². The van der Waals surface area contributed by atoms with E-state index < -0.39 is 11.6 Å². The predicted molar refractivity (Wildman–Crippen MR) is 127 cm³/mol. The number of halogens is 2. The van der Waals surface area contributed by atoms with E-state index in [4.69, 9.17) is 15.2 Å². The third-order valence-corrected chi connectivity index (χ3v) is 5.18. The van der Waals surface area contributed by atoms with Gasteiger partial charge >= 0.3 is 0 Å². The SMILES string of the molecule is CC(O)CC(C)O.Fc1cc(F)cc(-c2cnc3c4[c-]cccc4c4ccccc4c3n2)c1.[Ir]. The van der Waals surface area contributed by atoms with Gasteiger partial charge in [-0.2, -0.15) is 0 Å². The van der Waals surface area contributed by atoms with Crippen molar-refractivity contribution in [1.82, 2.24) is 9.97 Å². The van der Waals surface area contributed by atoms with Gasteiger partial charge in [-0.3, -0.25) is 4.98 Å². The Hall–Kier alpha value is -2.83. The predicted octanol–water partition coefficient (Wildman–Crippen LogP) is 5.82. The molecule has 1 heterocycles. The second kappa shape index (κ2) is 11.1. The van der Waals surface area contributed by atoms with E-state index in [1.165, 1.54) is 12.1 Å². The number of aliphatic hydroxyl groups is 2. The first-order valence-electron chi connectivity index (χ1n) is 10.6. The largest absolute Gasteiger partial charge is 0.393 e. The average Bonchev–Trinajstić information content (AvgIpc) is 2.78. The zero-order valence-corrected chi connectivity index (χ0v) is 21.0. The summed E-state index contributed by atoms with van der Waals surface area (Å²) in [6, 6.07) is 20.3. The Bertz CT molecular complexity index is 1380. The number of benzene rings is 4. The summed E-state index contributed by atoms with van der Waals surface area (Å²) < 4.78 is 27.2. The van der Waals surface area contributed by atoms with Gasteiger partial charge in [0.2, 0.25) is 0 Å². The molecule has 1 radical (unpaired) electrons. The van der Waals surface area contributed by atoms with Crippen molar-refractivity contribution in [2.45, 2.75) is 32.5 Å². The molecule has 177 valence electrons. The smallest absolute Gasteiger partial charge is 0.126 e. The van der Waals surface area contributed by atoms with Crippen LogP contribution in [0, 0.1) is 17.7 Å². The molecule has 0 spiro atoms. The summed E-state index contributed by atoms with van der Waals surface area (Å²) >= 11 is 0. The van der Waals surface area contributed by atoms with E-state index in [0.29, 0.717) is 23.2 Å². The van der Waals surface area contributed by atoms with Crippen LogP contribution in [0.3, 0.4) is 0 Å². The fourth-order valence-electron chi connectivity index (χ4n) is 3.88. The molecule has 0 bridgehead atoms. The Labute approximate surface area is 209 Å². The molecular weight excluding hydrogens is 615 g/mol. The molecule has 0 aliphatic heterocycles. The molecule has 0 saturated heterocycles. The van der Waals surface area contributed by atoms with E-state index in [0.717, 1.165) is 33.1 Å². The van der Waals surface area contributed by atoms with Crippen molar-refractivity contribution in [3.8, 4) is 11.3 Å². The third kappa shape index (κ3) is 5.62. The summed E-state index contributed by atoms with van der Waals surface area (Å²) in [5, 5.41) is 21.0. The number of hydrogen-bond donors (Lipinski definition) is 2. The topological polar surface area (TPSA) is 66.2 Å². The number of nitrogens with zero attached hydrogens (tertiary/aromatic N) is 2. The minimum Gasteiger partial charge on any atom is -0.393 e. The van der Waals surface area contributed by atoms with E-state index in [1.54, 1.807) is 20.0 Å². The van der Waals surface area contributed by atoms with Crippen LogP contribution in [-0.2, 0) is 20.1 Å². The quantitative estimate of drug-likeness (QED) is 0.194. The molecule has 0 saturated carbocycles. The van der Waals surface area contributed by atoms with Crippen molar-refractivity contribution < 1.29 is 39.1 Å². The minimum absolute atomic E-state index is 0. The van der Waals surface area contributed by atoms with Gasteiger partial charge in [0.15, 0.2) is 0 Å². The number of hydrogen-bond acceptors (Lipinski definition) is 4. The first kappa shape index (κ1) is 25.8. The van der Waals surface area contributed by atoms with Gasteiger partial charge in [0.1, 0.15) is 11.6 Å². The van der Waals surface area contributed by atoms with Gasteiger partial charge in [-0.25, -0.2) is 8.78 Å². The van der Waals surface area contributed by atoms with E-state index in [9.17, 15) is 8.78 Å². The van der Waals surface area contributed by atoms with Crippen LogP contribution in [0.1, 0.15) is 20.3 Å². The summed E-state index contributed by atoms with van der Waals surface area (Å²) in [5.74, 6) is -1.28. The van der Waals surface area contributed by atoms with Crippen molar-refractivity contribution in [2.24, 2.45) is 0 Å². The van der Waals surface area contributed by atoms with Gasteiger partial charge in [0.25, 0.3) is 0 Å². The normalized spacial score (nSPS) is 12.6. The minimum atomic E-state index is -0.640. The van der Waals surface area contributed by atoms with Crippen LogP contribution < -0.4 is 0 Å². The molecule has 1 aromatic heterocycles. The van der Waals surface area contributed by atoms with Gasteiger partial charge in [0.05, 0.1) is 23.4 Å². The first-order chi connectivity index (χ1) is 15.8. The Morgan fingerprint density at radius 2 is 1.47 bits per heavy atom. The molecule has 0 amide bonds. The molecule has 0 fully saturated rings. The van der Waals surface area contributed by atoms with Crippen molar-refractivity contribution in [3.05, 3.63) is 84.6 Å². The zero-order chi connectivity index (χ0) is 23.5. The number of aliphatic hydroxyl groups excluding tert-OH is 2. The molecular formula is C27H23F2IrN2O2-. The molecule has 2 atom stereocenters. The van der Waals surface area contributed by atoms with Gasteiger partial charge < -0.3 is 15.2 Å². The van der Waals surface area contributed by atoms with Crippen molar-refractivity contribution >= 4 is 32.6 Å². The van der Waals surface area contributed by atoms with E-state index in [-0.39, 0.29) is 32.3 Å². The third-order valence-electron chi connectivity index (χ3n) is 5.18. The Morgan fingerprint density at radius 3 is 2.09 bits per heavy atom. The summed E-state index contributed by atoms with van der Waals surface area (Å²) in [6.07, 6.45) is 1.27. The van der Waals surface area contributed by atoms with E-state index in [2.05, 4.69) is 11.1 Å². The molecule has 4 aromatic carbocycles. The number of rotatable bonds is 3. The molecule has 2 unspecified atom stereocenters. The maximum Gasteiger partial charge on any atom is 0.126 e. The van der Waals surface area contributed by atoms with Crippen LogP contribution in [0.2, 0.25) is 0 Å². The fraction of sp³-hybridized carbons (Fsp3) is 0.185. The Kier molecular flexibility index (Phi) is 8.39. The van der Waals surface area contributed by atoms with E-state index >= 15 is 0 Å². The maximum absolute atomic E-state index is 13.6. The standard InChI is InChI=1S/C22H11F2N2.C5H12O2.Ir/c23-14-9-13(10-15(24)11-14)20-12-25-21-18-7-3-1-5-16(18)17-6-2-4-8-19(17)22(21)26-20;1-4(6)3-5(2)7;/h1-6,8-12H;4-7H,3H2,1-2H3;/q-1;;. The number of aromatic nitrogens is 2. The summed E-state index contributed by atoms with van der Waals surface area (Å²) in [4.78, 5) is 9.25. The molecule has 4 nitrogen and oxygen atoms in total. The van der Waals surface area contributed by atoms with Gasteiger partial charge in [-0.05, 0) is 37.8 Å². The zero-order valence-electron chi connectivity index (χ0n) is 18.6. The summed E-state index contributed by atoms with van der Waals surface area (Å²) in [6.45, 7) is 3.32. The molecule has 2 N–H and O–H groups in total. The summed E-state index contributed by atoms with van der Waals surface area (Å²) in [5.41, 5.74) is 2.20. The maximum atomic E-state index is 13.6. The monoisotopic (exact) mass is 638 g/mol. The van der Waals surface area contributed by atoms with Crippen LogP contribution in [0.4, 0.5) is 8.78 Å². The van der Waals surface area contributed by atoms with Crippen molar-refractivity contribution in [2.75, 3.05) is 0 Å². The van der Waals surface area contributed by atoms with Gasteiger partial charge in [-0.1, -0.05) is 35.0 Å². The molecule has 7 heteroatoms. The molecule has 34 heavy (non-hydrogen) atoms. The number of fused-ring (bicyclic) bond motifs is 6. The Balaban J connectivity index is 0.000000357. The van der Waals surface area contributed by atoms with Crippen LogP contribution in [0.25, 0.3) is 43.8 Å².